The van der Waals surface area contributed by atoms with E-state index < -0.39 is 0 Å². The first-order chi connectivity index (χ1) is 9.28. The Labute approximate surface area is 120 Å². The van der Waals surface area contributed by atoms with Gasteiger partial charge in [0.15, 0.2) is 0 Å². The lowest BCUT2D eigenvalue weighted by Gasteiger charge is -2.23. The number of hydrogen-bond donors (Lipinski definition) is 1. The third-order valence-corrected chi connectivity index (χ3v) is 3.92. The lowest BCUT2D eigenvalue weighted by molar-refractivity contribution is 0.0261. The molecule has 0 bridgehead atoms. The number of fused-ring (bicyclic) bond motifs is 1. The number of aromatic amines is 1. The van der Waals surface area contributed by atoms with Crippen LogP contribution in [0.3, 0.4) is 0 Å². The summed E-state index contributed by atoms with van der Waals surface area (Å²) in [6.45, 7) is 3.68. The summed E-state index contributed by atoms with van der Waals surface area (Å²) < 4.78 is 12.6. The van der Waals surface area contributed by atoms with Crippen LogP contribution < -0.4 is 4.74 Å². The van der Waals surface area contributed by atoms with Crippen LogP contribution in [-0.2, 0) is 11.2 Å². The highest BCUT2D eigenvalue weighted by molar-refractivity contribution is 9.10. The number of hydrogen-bond acceptors (Lipinski definition) is 3. The van der Waals surface area contributed by atoms with E-state index in [0.29, 0.717) is 0 Å². The van der Waals surface area contributed by atoms with Crippen molar-refractivity contribution in [3.63, 3.8) is 0 Å². The maximum Gasteiger partial charge on any atom is 0.132 e. The summed E-state index contributed by atoms with van der Waals surface area (Å²) in [5.74, 6) is 0.918. The molecule has 1 aliphatic rings. The van der Waals surface area contributed by atoms with Crippen molar-refractivity contribution in [1.82, 2.24) is 10.2 Å². The molecule has 3 rings (SSSR count). The molecule has 0 amide bonds. The fourth-order valence-corrected chi connectivity index (χ4v) is 2.91. The molecule has 1 aromatic carbocycles. The van der Waals surface area contributed by atoms with Gasteiger partial charge in [0, 0.05) is 17.3 Å². The van der Waals surface area contributed by atoms with Crippen LogP contribution in [0.1, 0.15) is 25.5 Å². The minimum atomic E-state index is 0.242. The maximum atomic E-state index is 6.18. The van der Waals surface area contributed by atoms with Gasteiger partial charge in [-0.1, -0.05) is 22.9 Å². The molecule has 1 aromatic heterocycles. The van der Waals surface area contributed by atoms with E-state index in [1.54, 1.807) is 0 Å². The Balaban J connectivity index is 1.98. The van der Waals surface area contributed by atoms with Crippen molar-refractivity contribution in [2.75, 3.05) is 13.2 Å². The van der Waals surface area contributed by atoms with Gasteiger partial charge in [0.1, 0.15) is 11.9 Å². The van der Waals surface area contributed by atoms with Crippen molar-refractivity contribution in [2.24, 2.45) is 0 Å². The number of aryl methyl sites for hydroxylation is 1. The monoisotopic (exact) mass is 324 g/mol. The van der Waals surface area contributed by atoms with Gasteiger partial charge in [0.05, 0.1) is 29.8 Å². The standard InChI is InChI=1S/C14H17BrN2O2/c1-2-11-14-12(17-16-11)7-9(15)8-13(14)19-10-3-5-18-6-4-10/h7-8,10H,2-6H2,1H3,(H,16,17). The average Bonchev–Trinajstić information content (AvgIpc) is 2.82. The van der Waals surface area contributed by atoms with Gasteiger partial charge >= 0.3 is 0 Å². The maximum absolute atomic E-state index is 6.18. The lowest BCUT2D eigenvalue weighted by Crippen LogP contribution is -2.25. The smallest absolute Gasteiger partial charge is 0.132 e. The Morgan fingerprint density at radius 1 is 1.42 bits per heavy atom. The topological polar surface area (TPSA) is 47.1 Å². The van der Waals surface area contributed by atoms with Gasteiger partial charge in [-0.15, -0.1) is 0 Å². The molecule has 0 aliphatic carbocycles. The van der Waals surface area contributed by atoms with E-state index >= 15 is 0 Å². The van der Waals surface area contributed by atoms with Gasteiger partial charge in [-0.05, 0) is 18.6 Å². The summed E-state index contributed by atoms with van der Waals surface area (Å²) in [4.78, 5) is 0. The minimum Gasteiger partial charge on any atom is -0.489 e. The van der Waals surface area contributed by atoms with Crippen LogP contribution in [0, 0.1) is 0 Å². The molecule has 2 heterocycles. The molecule has 1 N–H and O–H groups in total. The first-order valence-corrected chi connectivity index (χ1v) is 7.48. The second-order valence-electron chi connectivity index (χ2n) is 4.78. The fraction of sp³-hybridized carbons (Fsp3) is 0.500. The Hall–Kier alpha value is -1.07. The van der Waals surface area contributed by atoms with Crippen LogP contribution in [-0.4, -0.2) is 29.5 Å². The van der Waals surface area contributed by atoms with E-state index in [2.05, 4.69) is 33.1 Å². The number of ether oxygens (including phenoxy) is 2. The predicted octanol–water partition coefficient (Wildman–Crippen LogP) is 3.45. The molecule has 0 atom stereocenters. The number of H-pyrrole nitrogens is 1. The van der Waals surface area contributed by atoms with Gasteiger partial charge in [-0.3, -0.25) is 5.10 Å². The second kappa shape index (κ2) is 5.51. The number of benzene rings is 1. The van der Waals surface area contributed by atoms with E-state index in [0.717, 1.165) is 59.3 Å². The summed E-state index contributed by atoms with van der Waals surface area (Å²) in [6, 6.07) is 4.07. The van der Waals surface area contributed by atoms with Crippen molar-refractivity contribution in [1.29, 1.82) is 0 Å². The number of rotatable bonds is 3. The first kappa shape index (κ1) is 12.9. The van der Waals surface area contributed by atoms with Crippen molar-refractivity contribution in [3.8, 4) is 5.75 Å². The van der Waals surface area contributed by atoms with E-state index in [4.69, 9.17) is 9.47 Å². The third kappa shape index (κ3) is 2.62. The zero-order valence-electron chi connectivity index (χ0n) is 10.9. The third-order valence-electron chi connectivity index (χ3n) is 3.46. The van der Waals surface area contributed by atoms with Gasteiger partial charge < -0.3 is 9.47 Å². The summed E-state index contributed by atoms with van der Waals surface area (Å²) in [7, 11) is 0. The van der Waals surface area contributed by atoms with Crippen molar-refractivity contribution >= 4 is 26.8 Å². The molecule has 102 valence electrons. The van der Waals surface area contributed by atoms with E-state index in [9.17, 15) is 0 Å². The predicted molar refractivity (Wildman–Crippen MR) is 77.6 cm³/mol. The van der Waals surface area contributed by atoms with Crippen LogP contribution >= 0.6 is 15.9 Å². The lowest BCUT2D eigenvalue weighted by atomic mass is 10.1. The Bertz CT molecular complexity index is 576. The zero-order valence-corrected chi connectivity index (χ0v) is 12.5. The molecular weight excluding hydrogens is 308 g/mol. The number of nitrogens with one attached hydrogen (secondary N) is 1. The normalized spacial score (nSPS) is 16.9. The molecule has 0 radical (unpaired) electrons. The molecular formula is C14H17BrN2O2. The summed E-state index contributed by atoms with van der Waals surface area (Å²) in [5.41, 5.74) is 2.08. The molecule has 1 saturated heterocycles. The van der Waals surface area contributed by atoms with Crippen molar-refractivity contribution < 1.29 is 9.47 Å². The van der Waals surface area contributed by atoms with E-state index in [1.165, 1.54) is 0 Å². The molecule has 19 heavy (non-hydrogen) atoms. The van der Waals surface area contributed by atoms with Gasteiger partial charge in [0.25, 0.3) is 0 Å². The van der Waals surface area contributed by atoms with Crippen molar-refractivity contribution in [3.05, 3.63) is 22.3 Å². The molecule has 1 fully saturated rings. The molecule has 4 nitrogen and oxygen atoms in total. The van der Waals surface area contributed by atoms with Gasteiger partial charge in [-0.25, -0.2) is 0 Å². The molecule has 0 unspecified atom stereocenters. The molecule has 0 saturated carbocycles. The first-order valence-electron chi connectivity index (χ1n) is 6.69. The van der Waals surface area contributed by atoms with E-state index in [-0.39, 0.29) is 6.10 Å². The minimum absolute atomic E-state index is 0.242. The van der Waals surface area contributed by atoms with Crippen LogP contribution in [0.2, 0.25) is 0 Å². The molecule has 5 heteroatoms. The zero-order chi connectivity index (χ0) is 13.2. The quantitative estimate of drug-likeness (QED) is 0.940. The number of nitrogens with zero attached hydrogens (tertiary/aromatic N) is 1. The van der Waals surface area contributed by atoms with Gasteiger partial charge in [0.2, 0.25) is 0 Å². The molecule has 2 aromatic rings. The highest BCUT2D eigenvalue weighted by atomic mass is 79.9. The van der Waals surface area contributed by atoms with E-state index in [1.807, 2.05) is 12.1 Å². The average molecular weight is 325 g/mol. The number of aromatic nitrogens is 2. The highest BCUT2D eigenvalue weighted by Crippen LogP contribution is 2.33. The van der Waals surface area contributed by atoms with Gasteiger partial charge in [-0.2, -0.15) is 5.10 Å². The molecule has 0 spiro atoms. The largest absolute Gasteiger partial charge is 0.489 e. The van der Waals surface area contributed by atoms with Crippen LogP contribution in [0.25, 0.3) is 10.9 Å². The Kier molecular flexibility index (Phi) is 3.75. The summed E-state index contributed by atoms with van der Waals surface area (Å²) >= 11 is 3.53. The molecule has 1 aliphatic heterocycles. The summed E-state index contributed by atoms with van der Waals surface area (Å²) in [5, 5.41) is 8.54. The summed E-state index contributed by atoms with van der Waals surface area (Å²) in [6.07, 6.45) is 3.04. The highest BCUT2D eigenvalue weighted by Gasteiger charge is 2.18. The van der Waals surface area contributed by atoms with Crippen molar-refractivity contribution in [2.45, 2.75) is 32.3 Å². The fourth-order valence-electron chi connectivity index (χ4n) is 2.47. The number of halogens is 1. The van der Waals surface area contributed by atoms with Crippen LogP contribution in [0.5, 0.6) is 5.75 Å². The van der Waals surface area contributed by atoms with Crippen LogP contribution in [0.15, 0.2) is 16.6 Å². The SMILES string of the molecule is CCc1n[nH]c2cc(Br)cc(OC3CCOCC3)c12. The van der Waals surface area contributed by atoms with Crippen LogP contribution in [0.4, 0.5) is 0 Å². The second-order valence-corrected chi connectivity index (χ2v) is 5.70. The Morgan fingerprint density at radius 2 is 2.21 bits per heavy atom. The Morgan fingerprint density at radius 3 is 2.95 bits per heavy atom.